The molecule has 0 radical (unpaired) electrons. The van der Waals surface area contributed by atoms with Crippen molar-refractivity contribution in [2.75, 3.05) is 23.4 Å². The van der Waals surface area contributed by atoms with Crippen molar-refractivity contribution in [3.8, 4) is 0 Å². The molecule has 2 amide bonds. The van der Waals surface area contributed by atoms with Crippen molar-refractivity contribution in [2.45, 2.75) is 19.8 Å². The predicted molar refractivity (Wildman–Crippen MR) is 102 cm³/mol. The molecule has 2 aromatic rings. The first-order valence-corrected chi connectivity index (χ1v) is 9.18. The monoisotopic (exact) mass is 402 g/mol. The molecule has 1 N–H and O–H groups in total. The number of nitrogens with one attached hydrogen (secondary N) is 1. The van der Waals surface area contributed by atoms with E-state index in [2.05, 4.69) is 5.32 Å². The van der Waals surface area contributed by atoms with Crippen LogP contribution in [0.2, 0.25) is 0 Å². The maximum absolute atomic E-state index is 13.6. The molecule has 3 rings (SSSR count). The molecule has 1 aliphatic rings. The molecular weight excluding hydrogens is 382 g/mol. The number of benzene rings is 2. The van der Waals surface area contributed by atoms with E-state index in [1.807, 2.05) is 31.2 Å². The number of rotatable bonds is 6. The molecule has 1 atom stereocenters. The van der Waals surface area contributed by atoms with Crippen molar-refractivity contribution in [3.63, 3.8) is 0 Å². The van der Waals surface area contributed by atoms with Crippen molar-refractivity contribution >= 4 is 29.2 Å². The van der Waals surface area contributed by atoms with Crippen molar-refractivity contribution < 1.29 is 27.9 Å². The van der Waals surface area contributed by atoms with E-state index in [9.17, 15) is 23.2 Å². The number of hydrogen-bond acceptors (Lipinski definition) is 4. The van der Waals surface area contributed by atoms with Crippen LogP contribution in [0.1, 0.15) is 18.9 Å². The second-order valence-electron chi connectivity index (χ2n) is 6.67. The molecule has 152 valence electrons. The summed E-state index contributed by atoms with van der Waals surface area (Å²) < 4.78 is 31.4. The summed E-state index contributed by atoms with van der Waals surface area (Å²) in [4.78, 5) is 38.1. The summed E-state index contributed by atoms with van der Waals surface area (Å²) in [7, 11) is 0. The minimum atomic E-state index is -0.934. The fourth-order valence-corrected chi connectivity index (χ4v) is 3.20. The molecule has 0 bridgehead atoms. The van der Waals surface area contributed by atoms with Crippen molar-refractivity contribution in [1.29, 1.82) is 0 Å². The number of anilines is 2. The zero-order chi connectivity index (χ0) is 21.0. The van der Waals surface area contributed by atoms with Crippen LogP contribution >= 0.6 is 0 Å². The fourth-order valence-electron chi connectivity index (χ4n) is 3.20. The van der Waals surface area contributed by atoms with Crippen LogP contribution in [-0.4, -0.2) is 30.9 Å². The first-order chi connectivity index (χ1) is 13.9. The van der Waals surface area contributed by atoms with E-state index < -0.39 is 36.0 Å². The highest BCUT2D eigenvalue weighted by molar-refractivity contribution is 6.00. The van der Waals surface area contributed by atoms with Gasteiger partial charge in [0.1, 0.15) is 11.6 Å². The minimum absolute atomic E-state index is 0.00884. The number of aryl methyl sites for hydroxylation is 1. The van der Waals surface area contributed by atoms with Crippen molar-refractivity contribution in [3.05, 3.63) is 59.7 Å². The number of hydrogen-bond donors (Lipinski definition) is 1. The Morgan fingerprint density at radius 3 is 2.69 bits per heavy atom. The van der Waals surface area contributed by atoms with Gasteiger partial charge in [0.2, 0.25) is 5.91 Å². The van der Waals surface area contributed by atoms with Crippen LogP contribution in [0.15, 0.2) is 42.5 Å². The van der Waals surface area contributed by atoms with Gasteiger partial charge in [-0.3, -0.25) is 14.4 Å². The lowest BCUT2D eigenvalue weighted by molar-refractivity contribution is -0.151. The predicted octanol–water partition coefficient (Wildman–Crippen LogP) is 3.06. The summed E-state index contributed by atoms with van der Waals surface area (Å²) in [6, 6.07) is 10.2. The van der Waals surface area contributed by atoms with Gasteiger partial charge in [0.25, 0.3) is 5.91 Å². The number of esters is 1. The number of halogens is 2. The van der Waals surface area contributed by atoms with E-state index in [1.165, 1.54) is 0 Å². The smallest absolute Gasteiger partial charge is 0.311 e. The second-order valence-corrected chi connectivity index (χ2v) is 6.67. The molecule has 0 aromatic heterocycles. The molecule has 0 aliphatic carbocycles. The SMILES string of the molecule is CCc1ccccc1N1C[C@H](C(=O)OCC(=O)Nc2ccc(F)cc2F)CC1=O. The molecule has 2 aromatic carbocycles. The molecule has 1 saturated heterocycles. The molecule has 8 heteroatoms. The van der Waals surface area contributed by atoms with Gasteiger partial charge in [-0.2, -0.15) is 0 Å². The van der Waals surface area contributed by atoms with Gasteiger partial charge in [-0.25, -0.2) is 8.78 Å². The van der Waals surface area contributed by atoms with Crippen LogP contribution in [0.4, 0.5) is 20.2 Å². The zero-order valence-corrected chi connectivity index (χ0v) is 15.8. The number of carbonyl (C=O) groups excluding carboxylic acids is 3. The van der Waals surface area contributed by atoms with E-state index in [0.29, 0.717) is 6.07 Å². The van der Waals surface area contributed by atoms with Crippen molar-refractivity contribution in [1.82, 2.24) is 0 Å². The molecule has 0 unspecified atom stereocenters. The lowest BCUT2D eigenvalue weighted by Crippen LogP contribution is -2.28. The van der Waals surface area contributed by atoms with Crippen LogP contribution in [-0.2, 0) is 25.5 Å². The molecule has 6 nitrogen and oxygen atoms in total. The van der Waals surface area contributed by atoms with Crippen molar-refractivity contribution in [2.24, 2.45) is 5.92 Å². The molecule has 29 heavy (non-hydrogen) atoms. The van der Waals surface area contributed by atoms with Crippen LogP contribution in [0.3, 0.4) is 0 Å². The molecular formula is C21H20F2N2O4. The third-order valence-corrected chi connectivity index (χ3v) is 4.67. The minimum Gasteiger partial charge on any atom is -0.455 e. The summed E-state index contributed by atoms with van der Waals surface area (Å²) in [6.07, 6.45) is 0.736. The maximum atomic E-state index is 13.6. The fraction of sp³-hybridized carbons (Fsp3) is 0.286. The first kappa shape index (κ1) is 20.4. The van der Waals surface area contributed by atoms with E-state index in [0.717, 1.165) is 29.8 Å². The molecule has 1 fully saturated rings. The zero-order valence-electron chi connectivity index (χ0n) is 15.8. The molecule has 0 spiro atoms. The quantitative estimate of drug-likeness (QED) is 0.754. The Kier molecular flexibility index (Phi) is 6.21. The van der Waals surface area contributed by atoms with Gasteiger partial charge in [-0.05, 0) is 30.2 Å². The third kappa shape index (κ3) is 4.77. The average molecular weight is 402 g/mol. The Hall–Kier alpha value is -3.29. The summed E-state index contributed by atoms with van der Waals surface area (Å²) >= 11 is 0. The molecule has 1 aliphatic heterocycles. The largest absolute Gasteiger partial charge is 0.455 e. The normalized spacial score (nSPS) is 16.0. The highest BCUT2D eigenvalue weighted by Gasteiger charge is 2.37. The van der Waals surface area contributed by atoms with Gasteiger partial charge in [0.15, 0.2) is 6.61 Å². The first-order valence-electron chi connectivity index (χ1n) is 9.18. The summed E-state index contributed by atoms with van der Waals surface area (Å²) in [6.45, 7) is 1.52. The average Bonchev–Trinajstić information content (AvgIpc) is 3.09. The second kappa shape index (κ2) is 8.81. The maximum Gasteiger partial charge on any atom is 0.311 e. The lowest BCUT2D eigenvalue weighted by atomic mass is 10.1. The Morgan fingerprint density at radius 2 is 1.97 bits per heavy atom. The topological polar surface area (TPSA) is 75.7 Å². The Labute approximate surface area is 166 Å². The highest BCUT2D eigenvalue weighted by atomic mass is 19.1. The van der Waals surface area contributed by atoms with E-state index >= 15 is 0 Å². The standard InChI is InChI=1S/C21H20F2N2O4/c1-2-13-5-3-4-6-18(13)25-11-14(9-20(25)27)21(28)29-12-19(26)24-17-8-7-15(22)10-16(17)23/h3-8,10,14H,2,9,11-12H2,1H3,(H,24,26)/t14-/m1/s1. The number of amides is 2. The molecule has 0 saturated carbocycles. The number of ether oxygens (including phenoxy) is 1. The van der Waals surface area contributed by atoms with Gasteiger partial charge < -0.3 is 15.0 Å². The highest BCUT2D eigenvalue weighted by Crippen LogP contribution is 2.29. The van der Waals surface area contributed by atoms with Gasteiger partial charge in [-0.15, -0.1) is 0 Å². The van der Waals surface area contributed by atoms with Crippen LogP contribution in [0, 0.1) is 17.6 Å². The summed E-state index contributed by atoms with van der Waals surface area (Å²) in [5.41, 5.74) is 1.54. The number of carbonyl (C=O) groups is 3. The van der Waals surface area contributed by atoms with E-state index in [1.54, 1.807) is 4.90 Å². The lowest BCUT2D eigenvalue weighted by Gasteiger charge is -2.19. The van der Waals surface area contributed by atoms with Gasteiger partial charge >= 0.3 is 5.97 Å². The van der Waals surface area contributed by atoms with Gasteiger partial charge in [0.05, 0.1) is 11.6 Å². The Balaban J connectivity index is 1.56. The van der Waals surface area contributed by atoms with Crippen LogP contribution < -0.4 is 10.2 Å². The van der Waals surface area contributed by atoms with Crippen LogP contribution in [0.25, 0.3) is 0 Å². The van der Waals surface area contributed by atoms with Crippen LogP contribution in [0.5, 0.6) is 0 Å². The Morgan fingerprint density at radius 1 is 1.21 bits per heavy atom. The number of para-hydroxylation sites is 1. The number of nitrogens with zero attached hydrogens (tertiary/aromatic N) is 1. The summed E-state index contributed by atoms with van der Waals surface area (Å²) in [5, 5.41) is 2.21. The van der Waals surface area contributed by atoms with Gasteiger partial charge in [-0.1, -0.05) is 25.1 Å². The molecule has 1 heterocycles. The van der Waals surface area contributed by atoms with E-state index in [-0.39, 0.29) is 24.6 Å². The van der Waals surface area contributed by atoms with Gasteiger partial charge in [0, 0.05) is 24.7 Å². The third-order valence-electron chi connectivity index (χ3n) is 4.67. The van der Waals surface area contributed by atoms with E-state index in [4.69, 9.17) is 4.74 Å². The Bertz CT molecular complexity index is 948. The summed E-state index contributed by atoms with van der Waals surface area (Å²) in [5.74, 6) is -4.03.